The number of amides is 2. The van der Waals surface area contributed by atoms with E-state index in [-0.39, 0.29) is 6.04 Å². The summed E-state index contributed by atoms with van der Waals surface area (Å²) in [6.45, 7) is 2.41. The van der Waals surface area contributed by atoms with Crippen LogP contribution in [0.1, 0.15) is 37.8 Å². The molecule has 0 radical (unpaired) electrons. The van der Waals surface area contributed by atoms with Crippen molar-refractivity contribution in [1.82, 2.24) is 10.6 Å². The van der Waals surface area contributed by atoms with Gasteiger partial charge < -0.3 is 20.5 Å². The lowest BCUT2D eigenvalue weighted by molar-refractivity contribution is -0.139. The van der Waals surface area contributed by atoms with Crippen molar-refractivity contribution >= 4 is 12.0 Å². The second-order valence-electron chi connectivity index (χ2n) is 5.02. The molecule has 2 amide bonds. The van der Waals surface area contributed by atoms with E-state index < -0.39 is 18.0 Å². The van der Waals surface area contributed by atoms with Crippen molar-refractivity contribution in [2.24, 2.45) is 0 Å². The van der Waals surface area contributed by atoms with Crippen LogP contribution in [0.15, 0.2) is 24.3 Å². The van der Waals surface area contributed by atoms with Crippen LogP contribution in [0.25, 0.3) is 0 Å². The van der Waals surface area contributed by atoms with Crippen molar-refractivity contribution in [3.05, 3.63) is 29.8 Å². The molecule has 2 unspecified atom stereocenters. The van der Waals surface area contributed by atoms with Crippen LogP contribution < -0.4 is 15.4 Å². The molecule has 1 aliphatic heterocycles. The van der Waals surface area contributed by atoms with Crippen LogP contribution in [0.4, 0.5) is 4.79 Å². The molecular weight excluding hydrogens is 272 g/mol. The third-order valence-electron chi connectivity index (χ3n) is 3.44. The molecule has 1 heterocycles. The molecule has 21 heavy (non-hydrogen) atoms. The van der Waals surface area contributed by atoms with E-state index in [0.29, 0.717) is 25.9 Å². The van der Waals surface area contributed by atoms with E-state index in [4.69, 9.17) is 9.84 Å². The molecule has 0 saturated carbocycles. The zero-order chi connectivity index (χ0) is 15.2. The lowest BCUT2D eigenvalue weighted by Gasteiger charge is -2.27. The number of aliphatic carboxylic acids is 1. The molecule has 0 bridgehead atoms. The summed E-state index contributed by atoms with van der Waals surface area (Å²) in [5.41, 5.74) is 0.918. The zero-order valence-corrected chi connectivity index (χ0v) is 12.0. The van der Waals surface area contributed by atoms with E-state index in [1.54, 1.807) is 0 Å². The summed E-state index contributed by atoms with van der Waals surface area (Å²) in [5, 5.41) is 14.4. The maximum absolute atomic E-state index is 12.0. The summed E-state index contributed by atoms with van der Waals surface area (Å²) in [6.07, 6.45) is 1.76. The van der Waals surface area contributed by atoms with Gasteiger partial charge in [-0.25, -0.2) is 9.59 Å². The Morgan fingerprint density at radius 1 is 1.43 bits per heavy atom. The largest absolute Gasteiger partial charge is 0.493 e. The number of rotatable bonds is 5. The summed E-state index contributed by atoms with van der Waals surface area (Å²) in [5.74, 6) is -0.253. The number of carbonyl (C=O) groups excluding carboxylic acids is 1. The molecule has 0 aliphatic carbocycles. The molecule has 2 rings (SSSR count). The van der Waals surface area contributed by atoms with Crippen LogP contribution in [0.5, 0.6) is 5.75 Å². The van der Waals surface area contributed by atoms with Gasteiger partial charge in [0, 0.05) is 12.0 Å². The number of ether oxygens (including phenoxy) is 1. The van der Waals surface area contributed by atoms with Crippen molar-refractivity contribution in [3.63, 3.8) is 0 Å². The number of fused-ring (bicyclic) bond motifs is 1. The van der Waals surface area contributed by atoms with Gasteiger partial charge in [0.15, 0.2) is 0 Å². The van der Waals surface area contributed by atoms with E-state index in [9.17, 15) is 9.59 Å². The molecule has 0 saturated heterocycles. The average molecular weight is 292 g/mol. The summed E-state index contributed by atoms with van der Waals surface area (Å²) < 4.78 is 5.53. The first-order chi connectivity index (χ1) is 10.1. The summed E-state index contributed by atoms with van der Waals surface area (Å²) in [4.78, 5) is 23.0. The lowest BCUT2D eigenvalue weighted by atomic mass is 10.0. The summed E-state index contributed by atoms with van der Waals surface area (Å²) in [7, 11) is 0. The number of benzene rings is 1. The lowest BCUT2D eigenvalue weighted by Crippen LogP contribution is -2.47. The Bertz CT molecular complexity index is 518. The number of nitrogens with one attached hydrogen (secondary N) is 2. The SMILES string of the molecule is CCCC(NC(=O)NC1CCOc2ccccc21)C(=O)O. The minimum absolute atomic E-state index is 0.161. The molecule has 2 atom stereocenters. The molecule has 0 aromatic heterocycles. The van der Waals surface area contributed by atoms with Gasteiger partial charge in [-0.2, -0.15) is 0 Å². The van der Waals surface area contributed by atoms with Gasteiger partial charge in [-0.1, -0.05) is 31.5 Å². The van der Waals surface area contributed by atoms with Gasteiger partial charge in [0.05, 0.1) is 12.6 Å². The highest BCUT2D eigenvalue weighted by atomic mass is 16.5. The van der Waals surface area contributed by atoms with Gasteiger partial charge in [-0.05, 0) is 12.5 Å². The van der Waals surface area contributed by atoms with Crippen LogP contribution in [0.3, 0.4) is 0 Å². The molecule has 0 fully saturated rings. The Hall–Kier alpha value is -2.24. The predicted molar refractivity (Wildman–Crippen MR) is 77.3 cm³/mol. The van der Waals surface area contributed by atoms with E-state index in [2.05, 4.69) is 10.6 Å². The average Bonchev–Trinajstić information content (AvgIpc) is 2.47. The number of carboxylic acid groups (broad SMARTS) is 1. The highest BCUT2D eigenvalue weighted by molar-refractivity contribution is 5.82. The third-order valence-corrected chi connectivity index (χ3v) is 3.44. The quantitative estimate of drug-likeness (QED) is 0.775. The van der Waals surface area contributed by atoms with Crippen molar-refractivity contribution in [3.8, 4) is 5.75 Å². The standard InChI is InChI=1S/C15H20N2O4/c1-2-5-12(14(18)19)17-15(20)16-11-8-9-21-13-7-4-3-6-10(11)13/h3-4,6-7,11-12H,2,5,8-9H2,1H3,(H,18,19)(H2,16,17,20). The highest BCUT2D eigenvalue weighted by Gasteiger charge is 2.24. The Morgan fingerprint density at radius 3 is 2.90 bits per heavy atom. The Morgan fingerprint density at radius 2 is 2.19 bits per heavy atom. The van der Waals surface area contributed by atoms with Gasteiger partial charge in [-0.3, -0.25) is 0 Å². The van der Waals surface area contributed by atoms with Crippen molar-refractivity contribution < 1.29 is 19.4 Å². The van der Waals surface area contributed by atoms with Crippen LogP contribution in [-0.4, -0.2) is 29.8 Å². The predicted octanol–water partition coefficient (Wildman–Crippen LogP) is 2.06. The van der Waals surface area contributed by atoms with E-state index in [1.807, 2.05) is 31.2 Å². The number of para-hydroxylation sites is 1. The normalized spacial score (nSPS) is 18.0. The number of carbonyl (C=O) groups is 2. The number of hydrogen-bond donors (Lipinski definition) is 3. The molecule has 114 valence electrons. The minimum atomic E-state index is -1.01. The fraction of sp³-hybridized carbons (Fsp3) is 0.467. The van der Waals surface area contributed by atoms with Crippen molar-refractivity contribution in [2.45, 2.75) is 38.3 Å². The van der Waals surface area contributed by atoms with Gasteiger partial charge in [0.1, 0.15) is 11.8 Å². The highest BCUT2D eigenvalue weighted by Crippen LogP contribution is 2.31. The molecule has 1 aliphatic rings. The summed E-state index contributed by atoms with van der Waals surface area (Å²) in [6, 6.07) is 6.05. The Labute approximate surface area is 123 Å². The molecule has 1 aromatic carbocycles. The maximum atomic E-state index is 12.0. The second-order valence-corrected chi connectivity index (χ2v) is 5.02. The van der Waals surface area contributed by atoms with Crippen molar-refractivity contribution in [1.29, 1.82) is 0 Å². The molecule has 3 N–H and O–H groups in total. The molecule has 1 aromatic rings. The summed E-state index contributed by atoms with van der Waals surface area (Å²) >= 11 is 0. The maximum Gasteiger partial charge on any atom is 0.326 e. The molecule has 0 spiro atoms. The monoisotopic (exact) mass is 292 g/mol. The minimum Gasteiger partial charge on any atom is -0.493 e. The van der Waals surface area contributed by atoms with Crippen LogP contribution in [0.2, 0.25) is 0 Å². The fourth-order valence-electron chi connectivity index (χ4n) is 2.40. The smallest absolute Gasteiger partial charge is 0.326 e. The van der Waals surface area contributed by atoms with E-state index >= 15 is 0 Å². The van der Waals surface area contributed by atoms with Crippen LogP contribution >= 0.6 is 0 Å². The Kier molecular flexibility index (Phi) is 5.03. The first kappa shape index (κ1) is 15.2. The molecule has 6 heteroatoms. The van der Waals surface area contributed by atoms with E-state index in [1.165, 1.54) is 0 Å². The van der Waals surface area contributed by atoms with Gasteiger partial charge in [0.25, 0.3) is 0 Å². The zero-order valence-electron chi connectivity index (χ0n) is 12.0. The fourth-order valence-corrected chi connectivity index (χ4v) is 2.40. The first-order valence-electron chi connectivity index (χ1n) is 7.13. The van der Waals surface area contributed by atoms with Crippen molar-refractivity contribution in [2.75, 3.05) is 6.61 Å². The van der Waals surface area contributed by atoms with Gasteiger partial charge >= 0.3 is 12.0 Å². The first-order valence-corrected chi connectivity index (χ1v) is 7.13. The van der Waals surface area contributed by atoms with E-state index in [0.717, 1.165) is 11.3 Å². The third kappa shape index (κ3) is 3.87. The number of urea groups is 1. The van der Waals surface area contributed by atoms with Gasteiger partial charge in [-0.15, -0.1) is 0 Å². The van der Waals surface area contributed by atoms with Crippen LogP contribution in [-0.2, 0) is 4.79 Å². The van der Waals surface area contributed by atoms with Crippen LogP contribution in [0, 0.1) is 0 Å². The Balaban J connectivity index is 1.99. The topological polar surface area (TPSA) is 87.7 Å². The number of hydrogen-bond acceptors (Lipinski definition) is 3. The molecule has 6 nitrogen and oxygen atoms in total. The number of carboxylic acids is 1. The molecular formula is C15H20N2O4. The second kappa shape index (κ2) is 6.97. The van der Waals surface area contributed by atoms with Gasteiger partial charge in [0.2, 0.25) is 0 Å².